The number of aliphatic hydroxyl groups is 1. The van der Waals surface area contributed by atoms with E-state index in [0.29, 0.717) is 74.2 Å². The molecular formula is C35H37FN4O10S. The Morgan fingerprint density at radius 3 is 2.24 bits per heavy atom. The molecular weight excluding hydrogens is 687 g/mol. The number of aliphatic hydroxyl groups excluding tert-OH is 1. The third kappa shape index (κ3) is 11.9. The number of hydrogen-bond acceptors (Lipinski definition) is 13. The summed E-state index contributed by atoms with van der Waals surface area (Å²) < 4.78 is 34.8. The number of halogens is 1. The Hall–Kier alpha value is -5.42. The molecule has 0 fully saturated rings. The summed E-state index contributed by atoms with van der Waals surface area (Å²) in [5.41, 5.74) is 2.15. The molecule has 14 nitrogen and oxygen atoms in total. The molecule has 0 aromatic heterocycles. The zero-order valence-corrected chi connectivity index (χ0v) is 28.4. The molecule has 16 heteroatoms. The molecule has 270 valence electrons. The molecule has 0 bridgehead atoms. The van der Waals surface area contributed by atoms with E-state index in [1.54, 1.807) is 61.6 Å². The van der Waals surface area contributed by atoms with Crippen LogP contribution >= 0.6 is 11.8 Å². The first-order chi connectivity index (χ1) is 24.8. The van der Waals surface area contributed by atoms with Crippen LogP contribution in [-0.4, -0.2) is 93.4 Å². The molecule has 3 aromatic carbocycles. The van der Waals surface area contributed by atoms with Crippen molar-refractivity contribution in [1.29, 1.82) is 0 Å². The zero-order valence-electron chi connectivity index (χ0n) is 27.6. The van der Waals surface area contributed by atoms with Crippen molar-refractivity contribution < 1.29 is 53.0 Å². The third-order valence-electron chi connectivity index (χ3n) is 6.90. The number of ether oxygens (including phenoxy) is 4. The number of aliphatic imine (C=N–C) groups is 1. The average Bonchev–Trinajstić information content (AvgIpc) is 3.44. The van der Waals surface area contributed by atoms with E-state index in [9.17, 15) is 29.1 Å². The molecule has 0 saturated carbocycles. The van der Waals surface area contributed by atoms with Crippen LogP contribution < -0.4 is 20.7 Å². The van der Waals surface area contributed by atoms with Crippen molar-refractivity contribution in [2.75, 3.05) is 70.5 Å². The summed E-state index contributed by atoms with van der Waals surface area (Å²) in [6.07, 6.45) is 2.05. The number of carbonyl (C=O) groups excluding carboxylic acids is 3. The van der Waals surface area contributed by atoms with E-state index in [4.69, 9.17) is 18.9 Å². The molecule has 1 aliphatic heterocycles. The summed E-state index contributed by atoms with van der Waals surface area (Å²) in [7, 11) is 1.72. The monoisotopic (exact) mass is 724 g/mol. The summed E-state index contributed by atoms with van der Waals surface area (Å²) in [6.45, 7) is 2.29. The highest BCUT2D eigenvalue weighted by Gasteiger charge is 2.34. The van der Waals surface area contributed by atoms with Crippen LogP contribution in [0.2, 0.25) is 0 Å². The predicted molar refractivity (Wildman–Crippen MR) is 190 cm³/mol. The Balaban J connectivity index is 1.10. The van der Waals surface area contributed by atoms with Gasteiger partial charge in [0.1, 0.15) is 23.0 Å². The highest BCUT2D eigenvalue weighted by Crippen LogP contribution is 2.41. The first-order valence-electron chi connectivity index (χ1n) is 15.6. The number of aromatic hydroxyl groups is 1. The van der Waals surface area contributed by atoms with Gasteiger partial charge in [-0.3, -0.25) is 9.59 Å². The summed E-state index contributed by atoms with van der Waals surface area (Å²) in [5.74, 6) is -2.12. The van der Waals surface area contributed by atoms with Crippen LogP contribution in [-0.2, 0) is 28.7 Å². The molecule has 1 aliphatic rings. The number of phenolic OH excluding ortho intramolecular Hbond substituents is 1. The van der Waals surface area contributed by atoms with Crippen molar-refractivity contribution in [3.05, 3.63) is 94.1 Å². The maximum atomic E-state index is 12.8. The molecule has 0 aliphatic carbocycles. The number of para-hydroxylation sites is 1. The van der Waals surface area contributed by atoms with E-state index in [-0.39, 0.29) is 40.6 Å². The standard InChI is InChI=1S/C35H37FN4O10S/c1-37-26-19-24(20-27(21-26)39-22-41)33(44)38-9-10-46-11-12-47-13-14-48-15-16-49-29-8-7-23(17-28(29)42)18-30-32(43)31(35(45)50-36)34(51-30)40-25-5-3-2-4-6-25/h2-8,17-22,37,42-43H,9-16H2,1H3,(H,38,44)(H,39,41)/b30-18-,40-34?. The van der Waals surface area contributed by atoms with Gasteiger partial charge in [-0.15, -0.1) is 0 Å². The fraction of sp³-hybridized carbons (Fsp3) is 0.257. The topological polar surface area (TPSA) is 186 Å². The molecule has 2 amide bonds. The summed E-state index contributed by atoms with van der Waals surface area (Å²) >= 11 is 0.952. The number of nitrogens with one attached hydrogen (secondary N) is 3. The van der Waals surface area contributed by atoms with Gasteiger partial charge in [-0.2, -0.15) is 0 Å². The van der Waals surface area contributed by atoms with E-state index in [1.807, 2.05) is 0 Å². The van der Waals surface area contributed by atoms with Gasteiger partial charge in [0.2, 0.25) is 6.41 Å². The van der Waals surface area contributed by atoms with Crippen LogP contribution in [0.1, 0.15) is 15.9 Å². The lowest BCUT2D eigenvalue weighted by molar-refractivity contribution is -0.177. The second kappa shape index (κ2) is 20.3. The van der Waals surface area contributed by atoms with E-state index < -0.39 is 17.3 Å². The van der Waals surface area contributed by atoms with Crippen LogP contribution in [0.3, 0.4) is 0 Å². The van der Waals surface area contributed by atoms with Gasteiger partial charge in [0.15, 0.2) is 11.5 Å². The average molecular weight is 725 g/mol. The van der Waals surface area contributed by atoms with Crippen LogP contribution in [0.25, 0.3) is 6.08 Å². The zero-order chi connectivity index (χ0) is 36.4. The largest absolute Gasteiger partial charge is 0.506 e. The number of nitrogens with zero attached hydrogens (tertiary/aromatic N) is 1. The minimum absolute atomic E-state index is 0.0621. The minimum Gasteiger partial charge on any atom is -0.506 e. The van der Waals surface area contributed by atoms with Gasteiger partial charge in [0.05, 0.1) is 50.2 Å². The van der Waals surface area contributed by atoms with E-state index in [0.717, 1.165) is 11.8 Å². The lowest BCUT2D eigenvalue weighted by Gasteiger charge is -2.11. The van der Waals surface area contributed by atoms with Crippen LogP contribution in [0.5, 0.6) is 11.5 Å². The molecule has 0 atom stereocenters. The van der Waals surface area contributed by atoms with E-state index >= 15 is 0 Å². The quantitative estimate of drug-likeness (QED) is 0.0784. The predicted octanol–water partition coefficient (Wildman–Crippen LogP) is 4.92. The molecule has 0 radical (unpaired) electrons. The van der Waals surface area contributed by atoms with Crippen molar-refractivity contribution in [1.82, 2.24) is 5.32 Å². The second-order valence-electron chi connectivity index (χ2n) is 10.4. The van der Waals surface area contributed by atoms with Gasteiger partial charge in [0, 0.05) is 35.1 Å². The van der Waals surface area contributed by atoms with Crippen LogP contribution in [0.15, 0.2) is 88.0 Å². The smallest absolute Gasteiger partial charge is 0.386 e. The normalized spacial score (nSPS) is 14.1. The maximum absolute atomic E-state index is 12.8. The molecule has 5 N–H and O–H groups in total. The van der Waals surface area contributed by atoms with Gasteiger partial charge in [-0.05, 0) is 54.1 Å². The van der Waals surface area contributed by atoms with Gasteiger partial charge in [-0.25, -0.2) is 14.7 Å². The van der Waals surface area contributed by atoms with Crippen molar-refractivity contribution in [3.63, 3.8) is 0 Å². The van der Waals surface area contributed by atoms with Crippen LogP contribution in [0.4, 0.5) is 21.6 Å². The summed E-state index contributed by atoms with van der Waals surface area (Å²) in [4.78, 5) is 43.1. The van der Waals surface area contributed by atoms with E-state index in [1.165, 1.54) is 18.2 Å². The minimum atomic E-state index is -1.37. The molecule has 0 unspecified atom stereocenters. The number of rotatable bonds is 20. The lowest BCUT2D eigenvalue weighted by Crippen LogP contribution is -2.27. The Bertz CT molecular complexity index is 1750. The SMILES string of the molecule is CNc1cc(NC=O)cc(C(=O)NCCOCCOCCOCCOc2ccc(/C=C3\SC(=Nc4ccccc4)C(C(=O)OF)=C3O)cc2O)c1. The second-order valence-corrected chi connectivity index (χ2v) is 11.5. The van der Waals surface area contributed by atoms with Crippen molar-refractivity contribution in [2.24, 2.45) is 4.99 Å². The third-order valence-corrected chi connectivity index (χ3v) is 7.92. The first-order valence-corrected chi connectivity index (χ1v) is 16.4. The fourth-order valence-corrected chi connectivity index (χ4v) is 5.53. The summed E-state index contributed by atoms with van der Waals surface area (Å²) in [6, 6.07) is 18.2. The van der Waals surface area contributed by atoms with Crippen LogP contribution in [0, 0.1) is 0 Å². The number of amides is 2. The maximum Gasteiger partial charge on any atom is 0.386 e. The Labute approximate surface area is 297 Å². The van der Waals surface area contributed by atoms with Crippen molar-refractivity contribution in [3.8, 4) is 11.5 Å². The molecule has 0 saturated heterocycles. The van der Waals surface area contributed by atoms with Crippen molar-refractivity contribution in [2.45, 2.75) is 0 Å². The Kier molecular flexibility index (Phi) is 15.3. The Morgan fingerprint density at radius 1 is 0.882 bits per heavy atom. The number of thioether (sulfide) groups is 1. The highest BCUT2D eigenvalue weighted by molar-refractivity contribution is 8.18. The molecule has 4 rings (SSSR count). The highest BCUT2D eigenvalue weighted by atomic mass is 32.2. The van der Waals surface area contributed by atoms with Gasteiger partial charge >= 0.3 is 5.97 Å². The number of anilines is 2. The molecule has 0 spiro atoms. The fourth-order valence-electron chi connectivity index (χ4n) is 4.49. The van der Waals surface area contributed by atoms with Crippen molar-refractivity contribution >= 4 is 58.2 Å². The lowest BCUT2D eigenvalue weighted by atomic mass is 10.1. The number of phenols is 1. The van der Waals surface area contributed by atoms with Gasteiger partial charge in [0.25, 0.3) is 5.91 Å². The Morgan fingerprint density at radius 2 is 1.57 bits per heavy atom. The number of carbonyl (C=O) groups is 3. The van der Waals surface area contributed by atoms with Gasteiger partial charge < -0.3 is 45.1 Å². The summed E-state index contributed by atoms with van der Waals surface area (Å²) in [5, 5.41) is 29.4. The first kappa shape index (κ1) is 38.4. The molecule has 51 heavy (non-hydrogen) atoms. The number of benzene rings is 3. The molecule has 3 aromatic rings. The van der Waals surface area contributed by atoms with E-state index in [2.05, 4.69) is 25.9 Å². The van der Waals surface area contributed by atoms with Gasteiger partial charge in [-0.1, -0.05) is 36.0 Å². The number of hydrogen-bond donors (Lipinski definition) is 5. The molecule has 1 heterocycles.